The van der Waals surface area contributed by atoms with Crippen molar-refractivity contribution >= 4 is 39.9 Å². The quantitative estimate of drug-likeness (QED) is 0.827. The fourth-order valence-corrected chi connectivity index (χ4v) is 1.83. The second-order valence-electron chi connectivity index (χ2n) is 3.08. The Kier molecular flexibility index (Phi) is 3.58. The van der Waals surface area contributed by atoms with Crippen LogP contribution in [0.2, 0.25) is 5.15 Å². The van der Waals surface area contributed by atoms with E-state index < -0.39 is 5.91 Å². The van der Waals surface area contributed by atoms with Crippen LogP contribution in [0.5, 0.6) is 5.88 Å². The first-order chi connectivity index (χ1) is 8.58. The number of methoxy groups -OCH3 is 1. The largest absolute Gasteiger partial charge is 0.481 e. The average Bonchev–Trinajstić information content (AvgIpc) is 2.75. The maximum atomic E-state index is 11.8. The Labute approximate surface area is 111 Å². The predicted molar refractivity (Wildman–Crippen MR) is 68.1 cm³/mol. The van der Waals surface area contributed by atoms with E-state index in [4.69, 9.17) is 22.1 Å². The van der Waals surface area contributed by atoms with Crippen LogP contribution in [-0.4, -0.2) is 28.0 Å². The molecule has 9 heteroatoms. The van der Waals surface area contributed by atoms with Crippen molar-refractivity contribution in [3.8, 4) is 5.88 Å². The number of amides is 1. The van der Waals surface area contributed by atoms with Crippen molar-refractivity contribution in [3.63, 3.8) is 0 Å². The number of aromatic nitrogens is 3. The van der Waals surface area contributed by atoms with Crippen molar-refractivity contribution in [1.82, 2.24) is 15.0 Å². The van der Waals surface area contributed by atoms with Gasteiger partial charge in [-0.2, -0.15) is 4.98 Å². The number of nitrogens with zero attached hydrogens (tertiary/aromatic N) is 3. The lowest BCUT2D eigenvalue weighted by Crippen LogP contribution is -2.15. The van der Waals surface area contributed by atoms with Gasteiger partial charge in [-0.05, 0) is 0 Å². The van der Waals surface area contributed by atoms with Crippen LogP contribution in [0.1, 0.15) is 10.5 Å². The van der Waals surface area contributed by atoms with Gasteiger partial charge in [0.15, 0.2) is 5.13 Å². The molecule has 0 radical (unpaired) electrons. The van der Waals surface area contributed by atoms with E-state index in [1.807, 2.05) is 0 Å². The van der Waals surface area contributed by atoms with Crippen LogP contribution in [0.3, 0.4) is 0 Å². The van der Waals surface area contributed by atoms with Gasteiger partial charge in [0.1, 0.15) is 10.8 Å². The lowest BCUT2D eigenvalue weighted by molar-refractivity contribution is 0.102. The van der Waals surface area contributed by atoms with E-state index in [0.717, 1.165) is 0 Å². The van der Waals surface area contributed by atoms with Crippen molar-refractivity contribution in [3.05, 3.63) is 22.3 Å². The van der Waals surface area contributed by atoms with Gasteiger partial charge in [-0.15, -0.1) is 11.3 Å². The van der Waals surface area contributed by atoms with E-state index in [9.17, 15) is 4.79 Å². The maximum Gasteiger partial charge on any atom is 0.277 e. The van der Waals surface area contributed by atoms with E-state index in [-0.39, 0.29) is 22.7 Å². The Morgan fingerprint density at radius 1 is 1.50 bits per heavy atom. The summed E-state index contributed by atoms with van der Waals surface area (Å²) in [4.78, 5) is 23.3. The van der Waals surface area contributed by atoms with Crippen LogP contribution in [0.15, 0.2) is 11.4 Å². The molecule has 2 aromatic heterocycles. The summed E-state index contributed by atoms with van der Waals surface area (Å²) in [5.74, 6) is -0.175. The number of nitrogen functional groups attached to an aromatic ring is 1. The molecular weight excluding hydrogens is 278 g/mol. The van der Waals surface area contributed by atoms with Crippen LogP contribution in [0, 0.1) is 0 Å². The predicted octanol–water partition coefficient (Wildman–Crippen LogP) is 1.43. The van der Waals surface area contributed by atoms with Gasteiger partial charge >= 0.3 is 0 Å². The maximum absolute atomic E-state index is 11.8. The van der Waals surface area contributed by atoms with Gasteiger partial charge in [0.25, 0.3) is 5.91 Å². The zero-order valence-electron chi connectivity index (χ0n) is 9.18. The summed E-state index contributed by atoms with van der Waals surface area (Å²) in [6.07, 6.45) is 0. The Hall–Kier alpha value is -1.93. The molecule has 3 N–H and O–H groups in total. The van der Waals surface area contributed by atoms with E-state index in [0.29, 0.717) is 5.13 Å². The molecule has 18 heavy (non-hydrogen) atoms. The molecule has 0 aliphatic rings. The zero-order valence-corrected chi connectivity index (χ0v) is 10.7. The first kappa shape index (κ1) is 12.5. The summed E-state index contributed by atoms with van der Waals surface area (Å²) < 4.78 is 4.91. The second kappa shape index (κ2) is 5.15. The van der Waals surface area contributed by atoms with Crippen LogP contribution in [-0.2, 0) is 0 Å². The monoisotopic (exact) mass is 285 g/mol. The molecule has 2 heterocycles. The SMILES string of the molecule is COc1cc(Cl)nc(NC(=O)c2csc(N)n2)n1. The van der Waals surface area contributed by atoms with Gasteiger partial charge in [-0.1, -0.05) is 11.6 Å². The number of carbonyl (C=O) groups excluding carboxylic acids is 1. The molecule has 2 rings (SSSR count). The molecule has 0 saturated carbocycles. The Balaban J connectivity index is 2.18. The van der Waals surface area contributed by atoms with Crippen LogP contribution in [0.25, 0.3) is 0 Å². The number of nitrogens with one attached hydrogen (secondary N) is 1. The van der Waals surface area contributed by atoms with Gasteiger partial charge in [0.2, 0.25) is 11.8 Å². The molecule has 0 bridgehead atoms. The van der Waals surface area contributed by atoms with E-state index >= 15 is 0 Å². The summed E-state index contributed by atoms with van der Waals surface area (Å²) >= 11 is 6.91. The van der Waals surface area contributed by atoms with Crippen molar-refractivity contribution in [1.29, 1.82) is 0 Å². The first-order valence-electron chi connectivity index (χ1n) is 4.69. The summed E-state index contributed by atoms with van der Waals surface area (Å²) in [7, 11) is 1.44. The second-order valence-corrected chi connectivity index (χ2v) is 4.36. The normalized spacial score (nSPS) is 10.1. The van der Waals surface area contributed by atoms with Crippen molar-refractivity contribution in [2.45, 2.75) is 0 Å². The van der Waals surface area contributed by atoms with Gasteiger partial charge in [0.05, 0.1) is 7.11 Å². The van der Waals surface area contributed by atoms with E-state index in [1.165, 1.54) is 29.9 Å². The molecular formula is C9H8ClN5O2S. The third kappa shape index (κ3) is 2.84. The molecule has 0 aliphatic heterocycles. The smallest absolute Gasteiger partial charge is 0.277 e. The number of ether oxygens (including phenoxy) is 1. The molecule has 2 aromatic rings. The molecule has 0 unspecified atom stereocenters. The van der Waals surface area contributed by atoms with E-state index in [2.05, 4.69) is 20.3 Å². The zero-order chi connectivity index (χ0) is 13.1. The average molecular weight is 286 g/mol. The lowest BCUT2D eigenvalue weighted by atomic mass is 10.4. The highest BCUT2D eigenvalue weighted by molar-refractivity contribution is 7.13. The van der Waals surface area contributed by atoms with Crippen LogP contribution in [0.4, 0.5) is 11.1 Å². The Bertz CT molecular complexity index is 588. The number of nitrogens with two attached hydrogens (primary N) is 1. The fraction of sp³-hybridized carbons (Fsp3) is 0.111. The molecule has 94 valence electrons. The Morgan fingerprint density at radius 2 is 2.28 bits per heavy atom. The fourth-order valence-electron chi connectivity index (χ4n) is 1.11. The minimum absolute atomic E-state index is 0.0379. The summed E-state index contributed by atoms with van der Waals surface area (Å²) in [5, 5.41) is 4.46. The number of hydrogen-bond donors (Lipinski definition) is 2. The van der Waals surface area contributed by atoms with Gasteiger partial charge in [-0.3, -0.25) is 10.1 Å². The van der Waals surface area contributed by atoms with Crippen LogP contribution >= 0.6 is 22.9 Å². The van der Waals surface area contributed by atoms with Gasteiger partial charge < -0.3 is 10.5 Å². The number of anilines is 2. The molecule has 0 aromatic carbocycles. The van der Waals surface area contributed by atoms with Crippen molar-refractivity contribution < 1.29 is 9.53 Å². The molecule has 0 saturated heterocycles. The minimum Gasteiger partial charge on any atom is -0.481 e. The molecule has 0 fully saturated rings. The highest BCUT2D eigenvalue weighted by Gasteiger charge is 2.12. The van der Waals surface area contributed by atoms with E-state index in [1.54, 1.807) is 0 Å². The third-order valence-corrected chi connectivity index (χ3v) is 2.73. The summed E-state index contributed by atoms with van der Waals surface area (Å²) in [6.45, 7) is 0. The summed E-state index contributed by atoms with van der Waals surface area (Å²) in [5.41, 5.74) is 5.63. The minimum atomic E-state index is -0.465. The standard InChI is InChI=1S/C9H8ClN5O2S/c1-17-6-2-5(10)13-9(14-6)15-7(16)4-3-18-8(11)12-4/h2-3H,1H3,(H2,11,12)(H,13,14,15,16). The molecule has 0 spiro atoms. The number of thiazole rings is 1. The highest BCUT2D eigenvalue weighted by Crippen LogP contribution is 2.17. The van der Waals surface area contributed by atoms with Gasteiger partial charge in [0, 0.05) is 11.4 Å². The molecule has 1 amide bonds. The topological polar surface area (TPSA) is 103 Å². The number of halogens is 1. The number of rotatable bonds is 3. The third-order valence-electron chi connectivity index (χ3n) is 1.86. The van der Waals surface area contributed by atoms with Crippen LogP contribution < -0.4 is 15.8 Å². The molecule has 7 nitrogen and oxygen atoms in total. The molecule has 0 aliphatic carbocycles. The van der Waals surface area contributed by atoms with Crippen molar-refractivity contribution in [2.24, 2.45) is 0 Å². The number of carbonyl (C=O) groups is 1. The van der Waals surface area contributed by atoms with Gasteiger partial charge in [-0.25, -0.2) is 9.97 Å². The van der Waals surface area contributed by atoms with Crippen molar-refractivity contribution in [2.75, 3.05) is 18.2 Å². The summed E-state index contributed by atoms with van der Waals surface area (Å²) in [6, 6.07) is 1.43. The Morgan fingerprint density at radius 3 is 2.89 bits per heavy atom. The number of hydrogen-bond acceptors (Lipinski definition) is 7. The molecule has 0 atom stereocenters. The highest BCUT2D eigenvalue weighted by atomic mass is 35.5. The lowest BCUT2D eigenvalue weighted by Gasteiger charge is -2.04. The first-order valence-corrected chi connectivity index (χ1v) is 5.95.